The maximum atomic E-state index is 10.8. The van der Waals surface area contributed by atoms with Gasteiger partial charge in [-0.1, -0.05) is 0 Å². The number of ether oxygens (including phenoxy) is 2. The summed E-state index contributed by atoms with van der Waals surface area (Å²) in [4.78, 5) is 25.9. The predicted octanol–water partition coefficient (Wildman–Crippen LogP) is 0.576. The fourth-order valence-corrected chi connectivity index (χ4v) is 2.32. The minimum absolute atomic E-state index is 0.509. The molecule has 0 radical (unpaired) electrons. The summed E-state index contributed by atoms with van der Waals surface area (Å²) < 4.78 is 22.9. The molecule has 2 aromatic rings. The molecular weight excluding hydrogens is 299 g/mol. The van der Waals surface area contributed by atoms with Gasteiger partial charge in [0.25, 0.3) is 0 Å². The number of nitrogens with zero attached hydrogens (tertiary/aromatic N) is 3. The lowest BCUT2D eigenvalue weighted by molar-refractivity contribution is -0.125. The number of fused-ring (bicyclic) bond motifs is 1. The molecule has 0 aliphatic carbocycles. The lowest BCUT2D eigenvalue weighted by Crippen LogP contribution is -2.16. The van der Waals surface area contributed by atoms with E-state index in [1.165, 1.54) is 6.33 Å². The van der Waals surface area contributed by atoms with Crippen molar-refractivity contribution < 1.29 is 23.8 Å². The summed E-state index contributed by atoms with van der Waals surface area (Å²) in [7, 11) is -4.23. The molecule has 112 valence electrons. The van der Waals surface area contributed by atoms with Crippen molar-refractivity contribution in [2.75, 3.05) is 12.1 Å². The number of anilines is 1. The highest BCUT2D eigenvalue weighted by Crippen LogP contribution is 2.36. The minimum Gasteiger partial charge on any atom is -0.397 e. The van der Waals surface area contributed by atoms with Gasteiger partial charge in [-0.2, -0.15) is 0 Å². The first-order valence-corrected chi connectivity index (χ1v) is 7.81. The summed E-state index contributed by atoms with van der Waals surface area (Å²) in [6.45, 7) is 0. The average Bonchev–Trinajstić information content (AvgIpc) is 3.02. The van der Waals surface area contributed by atoms with Gasteiger partial charge in [0.2, 0.25) is 0 Å². The van der Waals surface area contributed by atoms with Crippen LogP contribution < -0.4 is 5.73 Å². The highest BCUT2D eigenvalue weighted by atomic mass is 31.2. The van der Waals surface area contributed by atoms with Crippen LogP contribution in [0.3, 0.4) is 0 Å². The third-order valence-electron chi connectivity index (χ3n) is 2.88. The second-order valence-electron chi connectivity index (χ2n) is 4.46. The highest BCUT2D eigenvalue weighted by molar-refractivity contribution is 7.51. The zero-order valence-corrected chi connectivity index (χ0v) is 11.6. The van der Waals surface area contributed by atoms with E-state index in [1.54, 1.807) is 29.0 Å². The van der Waals surface area contributed by atoms with Crippen molar-refractivity contribution in [1.82, 2.24) is 14.5 Å². The van der Waals surface area contributed by atoms with E-state index in [0.29, 0.717) is 16.9 Å². The van der Waals surface area contributed by atoms with Crippen LogP contribution >= 0.6 is 7.60 Å². The number of aromatic nitrogens is 3. The number of nitrogens with two attached hydrogens (primary N) is 1. The van der Waals surface area contributed by atoms with Crippen LogP contribution in [0.15, 0.2) is 30.7 Å². The number of hydrogen-bond acceptors (Lipinski definition) is 6. The number of imidazole rings is 1. The normalized spacial score (nSPS) is 22.2. The molecule has 0 spiro atoms. The Morgan fingerprint density at radius 2 is 2.24 bits per heavy atom. The van der Waals surface area contributed by atoms with E-state index in [0.717, 1.165) is 0 Å². The SMILES string of the molecule is Nc1ccnc2c1ncn2[C@H]1C=C[C@@H](OCP(=O)(O)O)O1. The van der Waals surface area contributed by atoms with Crippen LogP contribution in [0.2, 0.25) is 0 Å². The molecule has 0 saturated carbocycles. The Hall–Kier alpha value is -1.77. The molecule has 0 aromatic carbocycles. The van der Waals surface area contributed by atoms with Gasteiger partial charge in [-0.25, -0.2) is 9.97 Å². The largest absolute Gasteiger partial charge is 0.397 e. The molecule has 0 bridgehead atoms. The average molecular weight is 312 g/mol. The van der Waals surface area contributed by atoms with Gasteiger partial charge in [0, 0.05) is 6.20 Å². The van der Waals surface area contributed by atoms with E-state index in [2.05, 4.69) is 9.97 Å². The lowest BCUT2D eigenvalue weighted by Gasteiger charge is -2.16. The van der Waals surface area contributed by atoms with Crippen LogP contribution in [0.1, 0.15) is 6.23 Å². The molecule has 21 heavy (non-hydrogen) atoms. The molecule has 0 unspecified atom stereocenters. The van der Waals surface area contributed by atoms with Gasteiger partial charge in [-0.3, -0.25) is 9.13 Å². The second kappa shape index (κ2) is 5.21. The van der Waals surface area contributed by atoms with Gasteiger partial charge in [0.05, 0.1) is 12.0 Å². The van der Waals surface area contributed by atoms with Gasteiger partial charge in [0.15, 0.2) is 24.5 Å². The molecule has 0 saturated heterocycles. The summed E-state index contributed by atoms with van der Waals surface area (Å²) in [5, 5.41) is 0. The van der Waals surface area contributed by atoms with Gasteiger partial charge in [-0.05, 0) is 18.2 Å². The van der Waals surface area contributed by atoms with Crippen LogP contribution in [0, 0.1) is 0 Å². The van der Waals surface area contributed by atoms with Crippen molar-refractivity contribution in [3.05, 3.63) is 30.7 Å². The van der Waals surface area contributed by atoms with Gasteiger partial charge >= 0.3 is 7.60 Å². The summed E-state index contributed by atoms with van der Waals surface area (Å²) in [5.74, 6) is 0. The number of rotatable bonds is 4. The Kier molecular flexibility index (Phi) is 3.52. The van der Waals surface area contributed by atoms with Crippen LogP contribution in [-0.4, -0.2) is 37.0 Å². The maximum absolute atomic E-state index is 10.8. The van der Waals surface area contributed by atoms with E-state index in [-0.39, 0.29) is 0 Å². The predicted molar refractivity (Wildman–Crippen MR) is 73.0 cm³/mol. The first-order chi connectivity index (χ1) is 9.94. The van der Waals surface area contributed by atoms with Crippen LogP contribution in [-0.2, 0) is 14.0 Å². The first-order valence-electron chi connectivity index (χ1n) is 6.01. The lowest BCUT2D eigenvalue weighted by atomic mass is 10.4. The zero-order valence-electron chi connectivity index (χ0n) is 10.7. The second-order valence-corrected chi connectivity index (χ2v) is 6.05. The molecule has 0 fully saturated rings. The van der Waals surface area contributed by atoms with Gasteiger partial charge in [-0.15, -0.1) is 0 Å². The van der Waals surface area contributed by atoms with E-state index >= 15 is 0 Å². The van der Waals surface area contributed by atoms with Crippen molar-refractivity contribution in [3.8, 4) is 0 Å². The van der Waals surface area contributed by atoms with Gasteiger partial charge < -0.3 is 25.0 Å². The molecule has 2 atom stereocenters. The van der Waals surface area contributed by atoms with E-state index < -0.39 is 26.5 Å². The molecule has 1 aliphatic rings. The molecule has 0 amide bonds. The van der Waals surface area contributed by atoms with Crippen molar-refractivity contribution >= 4 is 24.4 Å². The summed E-state index contributed by atoms with van der Waals surface area (Å²) >= 11 is 0. The standard InChI is InChI=1S/C11H13N4O5P/c12-7-3-4-13-11-10(7)14-5-15(11)8-1-2-9(20-8)19-6-21(16,17)18/h1-5,8-9H,6H2,(H2,12,13)(H2,16,17,18)/t8-,9+/m1/s1. The van der Waals surface area contributed by atoms with Crippen molar-refractivity contribution in [1.29, 1.82) is 0 Å². The Labute approximate surface area is 119 Å². The summed E-state index contributed by atoms with van der Waals surface area (Å²) in [6, 6.07) is 1.65. The fraction of sp³-hybridized carbons (Fsp3) is 0.273. The highest BCUT2D eigenvalue weighted by Gasteiger charge is 2.25. The Balaban J connectivity index is 1.75. The van der Waals surface area contributed by atoms with Crippen LogP contribution in [0.5, 0.6) is 0 Å². The smallest absolute Gasteiger partial charge is 0.351 e. The minimum atomic E-state index is -4.23. The van der Waals surface area contributed by atoms with Crippen LogP contribution in [0.4, 0.5) is 5.69 Å². The quantitative estimate of drug-likeness (QED) is 0.551. The van der Waals surface area contributed by atoms with Gasteiger partial charge in [0.1, 0.15) is 5.52 Å². The topological polar surface area (TPSA) is 133 Å². The van der Waals surface area contributed by atoms with Crippen molar-refractivity contribution in [3.63, 3.8) is 0 Å². The third-order valence-corrected chi connectivity index (χ3v) is 3.36. The van der Waals surface area contributed by atoms with E-state index in [4.69, 9.17) is 25.0 Å². The molecule has 3 heterocycles. The zero-order chi connectivity index (χ0) is 15.0. The molecule has 10 heteroatoms. The maximum Gasteiger partial charge on any atom is 0.351 e. The molecule has 2 aromatic heterocycles. The summed E-state index contributed by atoms with van der Waals surface area (Å²) in [6.07, 6.45) is 4.30. The fourth-order valence-electron chi connectivity index (χ4n) is 1.98. The monoisotopic (exact) mass is 312 g/mol. The molecule has 4 N–H and O–H groups in total. The number of pyridine rings is 1. The molecular formula is C11H13N4O5P. The van der Waals surface area contributed by atoms with E-state index in [9.17, 15) is 4.57 Å². The Bertz CT molecular complexity index is 739. The number of hydrogen-bond donors (Lipinski definition) is 3. The van der Waals surface area contributed by atoms with E-state index in [1.807, 2.05) is 0 Å². The Morgan fingerprint density at radius 3 is 3.00 bits per heavy atom. The van der Waals surface area contributed by atoms with Crippen LogP contribution in [0.25, 0.3) is 11.2 Å². The van der Waals surface area contributed by atoms with Crippen molar-refractivity contribution in [2.45, 2.75) is 12.5 Å². The third kappa shape index (κ3) is 2.97. The first kappa shape index (κ1) is 14.2. The Morgan fingerprint density at radius 1 is 1.43 bits per heavy atom. The van der Waals surface area contributed by atoms with Crippen molar-refractivity contribution in [2.24, 2.45) is 0 Å². The summed E-state index contributed by atoms with van der Waals surface area (Å²) in [5.41, 5.74) is 7.43. The number of nitrogen functional groups attached to an aromatic ring is 1. The molecule has 3 rings (SSSR count). The molecule has 1 aliphatic heterocycles. The molecule has 9 nitrogen and oxygen atoms in total.